The molecule has 2 heterocycles. The van der Waals surface area contributed by atoms with E-state index in [1.807, 2.05) is 42.7 Å². The van der Waals surface area contributed by atoms with Gasteiger partial charge in [-0.25, -0.2) is 0 Å². The highest BCUT2D eigenvalue weighted by molar-refractivity contribution is 5.93. The lowest BCUT2D eigenvalue weighted by atomic mass is 10.0. The van der Waals surface area contributed by atoms with E-state index in [1.165, 1.54) is 11.1 Å². The molecule has 144 valence electrons. The fourth-order valence-electron chi connectivity index (χ4n) is 3.08. The molecule has 0 radical (unpaired) electrons. The van der Waals surface area contributed by atoms with Gasteiger partial charge in [-0.2, -0.15) is 5.10 Å². The van der Waals surface area contributed by atoms with Gasteiger partial charge in [-0.3, -0.25) is 4.98 Å². The second kappa shape index (κ2) is 10.6. The van der Waals surface area contributed by atoms with Gasteiger partial charge in [-0.15, -0.1) is 29.9 Å². The zero-order valence-corrected chi connectivity index (χ0v) is 16.9. The van der Waals surface area contributed by atoms with Gasteiger partial charge in [-0.05, 0) is 29.7 Å². The third-order valence-electron chi connectivity index (χ3n) is 4.43. The average molecular weight is 413 g/mol. The molecule has 0 aliphatic rings. The van der Waals surface area contributed by atoms with E-state index in [0.29, 0.717) is 0 Å². The van der Waals surface area contributed by atoms with Crippen molar-refractivity contribution in [3.8, 4) is 0 Å². The number of anilines is 1. The van der Waals surface area contributed by atoms with Crippen molar-refractivity contribution in [2.45, 2.75) is 12.8 Å². The zero-order chi connectivity index (χ0) is 17.6. The molecule has 0 aliphatic heterocycles. The van der Waals surface area contributed by atoms with E-state index in [9.17, 15) is 0 Å². The van der Waals surface area contributed by atoms with E-state index in [0.717, 1.165) is 41.7 Å². The van der Waals surface area contributed by atoms with Crippen molar-refractivity contribution in [1.82, 2.24) is 15.2 Å². The number of nitrogens with one attached hydrogen (secondary N) is 1. The average Bonchev–Trinajstić information content (AvgIpc) is 2.71. The predicted molar refractivity (Wildman–Crippen MR) is 120 cm³/mol. The number of fused-ring (bicyclic) bond motifs is 1. The molecular formula is C22H22Cl2N4. The van der Waals surface area contributed by atoms with Gasteiger partial charge in [-0.1, -0.05) is 54.6 Å². The molecule has 2 aromatic heterocycles. The Morgan fingerprint density at radius 1 is 0.679 bits per heavy atom. The fourth-order valence-corrected chi connectivity index (χ4v) is 3.08. The van der Waals surface area contributed by atoms with Crippen molar-refractivity contribution >= 4 is 41.4 Å². The number of hydrogen-bond acceptors (Lipinski definition) is 4. The Hall–Kier alpha value is -2.69. The highest BCUT2D eigenvalue weighted by Gasteiger charge is 2.09. The maximum atomic E-state index is 4.49. The minimum atomic E-state index is 0. The van der Waals surface area contributed by atoms with Gasteiger partial charge in [0.25, 0.3) is 0 Å². The SMILES string of the molecule is Cl.Cl.c1ccc(CCNc2nnc(Cc3ccncc3)c3ccccc23)cc1. The van der Waals surface area contributed by atoms with Crippen LogP contribution in [-0.2, 0) is 12.8 Å². The largest absolute Gasteiger partial charge is 0.368 e. The van der Waals surface area contributed by atoms with Gasteiger partial charge in [0, 0.05) is 36.1 Å². The second-order valence-corrected chi connectivity index (χ2v) is 6.24. The normalized spacial score (nSPS) is 10.0. The Morgan fingerprint density at radius 3 is 2.11 bits per heavy atom. The zero-order valence-electron chi connectivity index (χ0n) is 15.3. The van der Waals surface area contributed by atoms with Gasteiger partial charge in [0.1, 0.15) is 0 Å². The molecule has 28 heavy (non-hydrogen) atoms. The quantitative estimate of drug-likeness (QED) is 0.477. The summed E-state index contributed by atoms with van der Waals surface area (Å²) in [6.07, 6.45) is 5.32. The third kappa shape index (κ3) is 5.18. The Morgan fingerprint density at radius 2 is 1.36 bits per heavy atom. The van der Waals surface area contributed by atoms with Crippen LogP contribution in [0.1, 0.15) is 16.8 Å². The van der Waals surface area contributed by atoms with Crippen LogP contribution in [0.2, 0.25) is 0 Å². The summed E-state index contributed by atoms with van der Waals surface area (Å²) in [5, 5.41) is 14.6. The number of aromatic nitrogens is 3. The van der Waals surface area contributed by atoms with Crippen molar-refractivity contribution in [2.75, 3.05) is 11.9 Å². The Labute approximate surface area is 177 Å². The van der Waals surface area contributed by atoms with E-state index < -0.39 is 0 Å². The summed E-state index contributed by atoms with van der Waals surface area (Å²) in [5.74, 6) is 0.843. The Bertz CT molecular complexity index is 995. The van der Waals surface area contributed by atoms with Crippen molar-refractivity contribution in [3.05, 3.63) is 95.9 Å². The van der Waals surface area contributed by atoms with E-state index in [-0.39, 0.29) is 24.8 Å². The maximum absolute atomic E-state index is 4.49. The highest BCUT2D eigenvalue weighted by atomic mass is 35.5. The van der Waals surface area contributed by atoms with E-state index >= 15 is 0 Å². The lowest BCUT2D eigenvalue weighted by molar-refractivity contribution is 0.935. The smallest absolute Gasteiger partial charge is 0.156 e. The predicted octanol–water partition coefficient (Wildman–Crippen LogP) is 5.11. The summed E-state index contributed by atoms with van der Waals surface area (Å²) in [5.41, 5.74) is 3.48. The molecule has 0 saturated carbocycles. The van der Waals surface area contributed by atoms with Crippen LogP contribution in [0.4, 0.5) is 5.82 Å². The van der Waals surface area contributed by atoms with Crippen LogP contribution in [0.15, 0.2) is 79.1 Å². The van der Waals surface area contributed by atoms with Crippen LogP contribution < -0.4 is 5.32 Å². The van der Waals surface area contributed by atoms with Gasteiger partial charge in [0.05, 0.1) is 5.69 Å². The van der Waals surface area contributed by atoms with Gasteiger partial charge >= 0.3 is 0 Å². The lowest BCUT2D eigenvalue weighted by Crippen LogP contribution is -2.09. The van der Waals surface area contributed by atoms with E-state index in [2.05, 4.69) is 56.9 Å². The number of pyridine rings is 1. The maximum Gasteiger partial charge on any atom is 0.156 e. The Kier molecular flexibility index (Phi) is 8.18. The summed E-state index contributed by atoms with van der Waals surface area (Å²) in [4.78, 5) is 4.08. The van der Waals surface area contributed by atoms with Crippen molar-refractivity contribution in [2.24, 2.45) is 0 Å². The fraction of sp³-hybridized carbons (Fsp3) is 0.136. The molecule has 0 amide bonds. The van der Waals surface area contributed by atoms with Gasteiger partial charge < -0.3 is 5.32 Å². The van der Waals surface area contributed by atoms with Gasteiger partial charge in [0.15, 0.2) is 5.82 Å². The number of nitrogens with zero attached hydrogens (tertiary/aromatic N) is 3. The second-order valence-electron chi connectivity index (χ2n) is 6.24. The summed E-state index contributed by atoms with van der Waals surface area (Å²) in [7, 11) is 0. The monoisotopic (exact) mass is 412 g/mol. The first kappa shape index (κ1) is 21.6. The molecule has 0 fully saturated rings. The molecular weight excluding hydrogens is 391 g/mol. The first-order valence-electron chi connectivity index (χ1n) is 8.81. The molecule has 6 heteroatoms. The number of hydrogen-bond donors (Lipinski definition) is 1. The van der Waals surface area contributed by atoms with Gasteiger partial charge in [0.2, 0.25) is 0 Å². The summed E-state index contributed by atoms with van der Waals surface area (Å²) in [6.45, 7) is 0.826. The molecule has 0 unspecified atom stereocenters. The topological polar surface area (TPSA) is 50.7 Å². The summed E-state index contributed by atoms with van der Waals surface area (Å²) < 4.78 is 0. The summed E-state index contributed by atoms with van der Waals surface area (Å²) >= 11 is 0. The molecule has 0 atom stereocenters. The molecule has 0 saturated heterocycles. The van der Waals surface area contributed by atoms with Crippen molar-refractivity contribution < 1.29 is 0 Å². The van der Waals surface area contributed by atoms with Crippen LogP contribution >= 0.6 is 24.8 Å². The summed E-state index contributed by atoms with van der Waals surface area (Å²) in [6, 6.07) is 22.8. The van der Waals surface area contributed by atoms with Crippen LogP contribution in [-0.4, -0.2) is 21.7 Å². The van der Waals surface area contributed by atoms with E-state index in [1.54, 1.807) is 0 Å². The van der Waals surface area contributed by atoms with Crippen LogP contribution in [0.5, 0.6) is 0 Å². The first-order valence-corrected chi connectivity index (χ1v) is 8.81. The standard InChI is InChI=1S/C22H20N4.2ClH/c1-2-6-17(7-3-1)12-15-24-22-20-9-5-4-8-19(20)21(25-26-22)16-18-10-13-23-14-11-18;;/h1-11,13-14H,12,15-16H2,(H,24,26);2*1H. The van der Waals surface area contributed by atoms with Crippen molar-refractivity contribution in [3.63, 3.8) is 0 Å². The molecule has 0 aliphatic carbocycles. The molecule has 2 aromatic carbocycles. The molecule has 4 nitrogen and oxygen atoms in total. The van der Waals surface area contributed by atoms with Crippen LogP contribution in [0, 0.1) is 0 Å². The molecule has 4 aromatic rings. The molecule has 0 spiro atoms. The van der Waals surface area contributed by atoms with Crippen LogP contribution in [0.3, 0.4) is 0 Å². The number of benzene rings is 2. The minimum absolute atomic E-state index is 0. The van der Waals surface area contributed by atoms with E-state index in [4.69, 9.17) is 0 Å². The molecule has 4 rings (SSSR count). The number of rotatable bonds is 6. The van der Waals surface area contributed by atoms with Crippen LogP contribution in [0.25, 0.3) is 10.8 Å². The van der Waals surface area contributed by atoms with Crippen molar-refractivity contribution in [1.29, 1.82) is 0 Å². The molecule has 0 bridgehead atoms. The third-order valence-corrected chi connectivity index (χ3v) is 4.43. The molecule has 1 N–H and O–H groups in total. The lowest BCUT2D eigenvalue weighted by Gasteiger charge is -2.11. The Balaban J connectivity index is 0.00000140. The minimum Gasteiger partial charge on any atom is -0.368 e. The number of halogens is 2. The first-order chi connectivity index (χ1) is 12.9. The highest BCUT2D eigenvalue weighted by Crippen LogP contribution is 2.24.